The van der Waals surface area contributed by atoms with Gasteiger partial charge in [-0.1, -0.05) is 12.1 Å². The van der Waals surface area contributed by atoms with Gasteiger partial charge in [0.1, 0.15) is 0 Å². The van der Waals surface area contributed by atoms with E-state index >= 15 is 0 Å². The molecule has 0 radical (unpaired) electrons. The van der Waals surface area contributed by atoms with Crippen molar-refractivity contribution in [2.24, 2.45) is 0 Å². The van der Waals surface area contributed by atoms with Crippen molar-refractivity contribution < 1.29 is 0 Å². The normalized spacial score (nSPS) is 18.5. The van der Waals surface area contributed by atoms with E-state index in [4.69, 9.17) is 4.98 Å². The third kappa shape index (κ3) is 2.57. The summed E-state index contributed by atoms with van der Waals surface area (Å²) in [4.78, 5) is 14.1. The monoisotopic (exact) mass is 280 g/mol. The highest BCUT2D eigenvalue weighted by Gasteiger charge is 2.20. The first-order valence-corrected chi connectivity index (χ1v) is 7.59. The van der Waals surface area contributed by atoms with Crippen LogP contribution in [-0.2, 0) is 32.6 Å². The summed E-state index contributed by atoms with van der Waals surface area (Å²) in [6, 6.07) is 8.67. The van der Waals surface area contributed by atoms with E-state index < -0.39 is 0 Å². The molecule has 4 heteroatoms. The van der Waals surface area contributed by atoms with Crippen LogP contribution in [0.3, 0.4) is 0 Å². The molecule has 0 saturated heterocycles. The van der Waals surface area contributed by atoms with Crippen LogP contribution in [0.5, 0.6) is 0 Å². The molecule has 0 aliphatic carbocycles. The third-order valence-corrected chi connectivity index (χ3v) is 4.43. The van der Waals surface area contributed by atoms with E-state index in [9.17, 15) is 0 Å². The summed E-state index contributed by atoms with van der Waals surface area (Å²) >= 11 is 0. The van der Waals surface area contributed by atoms with Gasteiger partial charge >= 0.3 is 0 Å². The van der Waals surface area contributed by atoms with Gasteiger partial charge < -0.3 is 0 Å². The fourth-order valence-corrected chi connectivity index (χ4v) is 3.32. The van der Waals surface area contributed by atoms with Crippen LogP contribution in [0, 0.1) is 0 Å². The average Bonchev–Trinajstić information content (AvgIpc) is 2.86. The molecule has 0 aromatic carbocycles. The molecule has 0 unspecified atom stereocenters. The molecule has 0 atom stereocenters. The van der Waals surface area contributed by atoms with E-state index in [0.29, 0.717) is 0 Å². The van der Waals surface area contributed by atoms with Crippen molar-refractivity contribution in [3.63, 3.8) is 0 Å². The number of fused-ring (bicyclic) bond motifs is 2. The van der Waals surface area contributed by atoms with Crippen LogP contribution >= 0.6 is 0 Å². The Morgan fingerprint density at radius 1 is 1.05 bits per heavy atom. The lowest BCUT2D eigenvalue weighted by molar-refractivity contribution is 0.238. The number of nitrogens with zero attached hydrogens (tertiary/aromatic N) is 4. The molecule has 2 aromatic rings. The summed E-state index contributed by atoms with van der Waals surface area (Å²) in [5.74, 6) is 0. The lowest BCUT2D eigenvalue weighted by Gasteiger charge is -2.27. The van der Waals surface area contributed by atoms with Crippen LogP contribution < -0.4 is 0 Å². The second kappa shape index (κ2) is 5.20. The van der Waals surface area contributed by atoms with Gasteiger partial charge in [0.05, 0.1) is 17.1 Å². The van der Waals surface area contributed by atoms with Crippen molar-refractivity contribution >= 4 is 0 Å². The van der Waals surface area contributed by atoms with Crippen LogP contribution in [-0.4, -0.2) is 33.4 Å². The minimum Gasteiger partial charge on any atom is -0.296 e. The Balaban J connectivity index is 1.49. The van der Waals surface area contributed by atoms with Crippen LogP contribution in [0.4, 0.5) is 0 Å². The fourth-order valence-electron chi connectivity index (χ4n) is 3.32. The topological polar surface area (TPSA) is 32.3 Å². The minimum absolute atomic E-state index is 0.924. The Morgan fingerprint density at radius 2 is 2.00 bits per heavy atom. The van der Waals surface area contributed by atoms with Gasteiger partial charge in [-0.3, -0.25) is 19.8 Å². The predicted octanol–water partition coefficient (Wildman–Crippen LogP) is 1.98. The minimum atomic E-state index is 0.924. The fraction of sp³-hybridized carbons (Fsp3) is 0.412. The van der Waals surface area contributed by atoms with Gasteiger partial charge in [-0.2, -0.15) is 0 Å². The average molecular weight is 280 g/mol. The van der Waals surface area contributed by atoms with E-state index in [1.54, 1.807) is 0 Å². The highest BCUT2D eigenvalue weighted by atomic mass is 15.2. The molecule has 0 spiro atoms. The van der Waals surface area contributed by atoms with Gasteiger partial charge in [0, 0.05) is 38.9 Å². The standard InChI is InChI=1S/C17H20N4/c1-20-9-14-4-5-15(19-17(14)11-20)10-21-8-6-13-3-2-7-18-16(13)12-21/h2-5,7H,6,8-12H2,1H3. The molecule has 0 amide bonds. The summed E-state index contributed by atoms with van der Waals surface area (Å²) in [5.41, 5.74) is 6.45. The number of rotatable bonds is 2. The Labute approximate surface area is 125 Å². The smallest absolute Gasteiger partial charge is 0.0592 e. The molecule has 108 valence electrons. The zero-order valence-electron chi connectivity index (χ0n) is 12.4. The van der Waals surface area contributed by atoms with Gasteiger partial charge in [0.25, 0.3) is 0 Å². The van der Waals surface area contributed by atoms with Crippen molar-refractivity contribution in [3.8, 4) is 0 Å². The van der Waals surface area contributed by atoms with Crippen molar-refractivity contribution in [1.29, 1.82) is 0 Å². The van der Waals surface area contributed by atoms with Gasteiger partial charge in [0.15, 0.2) is 0 Å². The predicted molar refractivity (Wildman–Crippen MR) is 81.5 cm³/mol. The van der Waals surface area contributed by atoms with Crippen molar-refractivity contribution in [2.75, 3.05) is 13.6 Å². The molecule has 4 heterocycles. The first-order valence-electron chi connectivity index (χ1n) is 7.59. The summed E-state index contributed by atoms with van der Waals surface area (Å²) in [6.45, 7) is 4.97. The maximum absolute atomic E-state index is 4.85. The molecule has 21 heavy (non-hydrogen) atoms. The number of pyridine rings is 2. The van der Waals surface area contributed by atoms with E-state index in [1.165, 1.54) is 28.2 Å². The molecule has 2 aliphatic rings. The summed E-state index contributed by atoms with van der Waals surface area (Å²) in [7, 11) is 2.15. The highest BCUT2D eigenvalue weighted by molar-refractivity contribution is 5.27. The maximum Gasteiger partial charge on any atom is 0.0592 e. The van der Waals surface area contributed by atoms with Gasteiger partial charge in [-0.15, -0.1) is 0 Å². The van der Waals surface area contributed by atoms with Crippen LogP contribution in [0.15, 0.2) is 30.5 Å². The maximum atomic E-state index is 4.85. The van der Waals surface area contributed by atoms with E-state index in [2.05, 4.69) is 40.0 Å². The summed E-state index contributed by atoms with van der Waals surface area (Å²) in [5, 5.41) is 0. The zero-order valence-corrected chi connectivity index (χ0v) is 12.4. The Kier molecular flexibility index (Phi) is 3.20. The van der Waals surface area contributed by atoms with Crippen molar-refractivity contribution in [1.82, 2.24) is 19.8 Å². The van der Waals surface area contributed by atoms with E-state index in [1.807, 2.05) is 12.3 Å². The van der Waals surface area contributed by atoms with Gasteiger partial charge in [-0.05, 0) is 36.7 Å². The van der Waals surface area contributed by atoms with E-state index in [0.717, 1.165) is 39.1 Å². The summed E-state index contributed by atoms with van der Waals surface area (Å²) in [6.07, 6.45) is 2.99. The Morgan fingerprint density at radius 3 is 2.95 bits per heavy atom. The quantitative estimate of drug-likeness (QED) is 0.842. The molecule has 0 bridgehead atoms. The zero-order chi connectivity index (χ0) is 14.2. The lowest BCUT2D eigenvalue weighted by atomic mass is 10.1. The molecule has 2 aliphatic heterocycles. The van der Waals surface area contributed by atoms with Gasteiger partial charge in [-0.25, -0.2) is 0 Å². The van der Waals surface area contributed by atoms with Crippen LogP contribution in [0.1, 0.15) is 28.2 Å². The highest BCUT2D eigenvalue weighted by Crippen LogP contribution is 2.22. The SMILES string of the molecule is CN1Cc2ccc(CN3CCc4cccnc4C3)nc2C1. The number of hydrogen-bond acceptors (Lipinski definition) is 4. The molecular formula is C17H20N4. The first kappa shape index (κ1) is 12.9. The van der Waals surface area contributed by atoms with Gasteiger partial charge in [0.2, 0.25) is 0 Å². The molecular weight excluding hydrogens is 260 g/mol. The number of aromatic nitrogens is 2. The molecule has 0 saturated carbocycles. The van der Waals surface area contributed by atoms with Crippen LogP contribution in [0.2, 0.25) is 0 Å². The van der Waals surface area contributed by atoms with Crippen LogP contribution in [0.25, 0.3) is 0 Å². The van der Waals surface area contributed by atoms with E-state index in [-0.39, 0.29) is 0 Å². The second-order valence-corrected chi connectivity index (χ2v) is 6.15. The number of hydrogen-bond donors (Lipinski definition) is 0. The summed E-state index contributed by atoms with van der Waals surface area (Å²) < 4.78 is 0. The molecule has 4 rings (SSSR count). The molecule has 4 nitrogen and oxygen atoms in total. The third-order valence-electron chi connectivity index (χ3n) is 4.43. The Bertz CT molecular complexity index is 668. The largest absolute Gasteiger partial charge is 0.296 e. The van der Waals surface area contributed by atoms with Crippen molar-refractivity contribution in [2.45, 2.75) is 32.6 Å². The molecule has 0 N–H and O–H groups in total. The second-order valence-electron chi connectivity index (χ2n) is 6.15. The molecule has 2 aromatic heterocycles. The molecule has 0 fully saturated rings. The first-order chi connectivity index (χ1) is 10.3. The lowest BCUT2D eigenvalue weighted by Crippen LogP contribution is -2.31. The van der Waals surface area contributed by atoms with Crippen molar-refractivity contribution in [3.05, 3.63) is 58.7 Å². The Hall–Kier alpha value is -1.78.